The molecule has 0 bridgehead atoms. The van der Waals surface area contributed by atoms with Gasteiger partial charge in [0.2, 0.25) is 0 Å². The first-order valence-electron chi connectivity index (χ1n) is 8.07. The molecule has 0 atom stereocenters. The summed E-state index contributed by atoms with van der Waals surface area (Å²) in [5.41, 5.74) is 0.569. The molecule has 1 heterocycles. The predicted octanol–water partition coefficient (Wildman–Crippen LogP) is 4.71. The fourth-order valence-electron chi connectivity index (χ4n) is 2.54. The standard InChI is InChI=1S/C19H17ClN2O4S2/c1-24-10-5-7-14(26-3)13(8-10)21-19(27)22-18(23)17-16(20)12-6-4-11(25-2)9-15(12)28-17/h4-9H,1-3H3,(H2,21,22,23,27). The second kappa shape index (κ2) is 8.64. The first-order chi connectivity index (χ1) is 13.5. The van der Waals surface area contributed by atoms with Crippen molar-refractivity contribution in [3.05, 3.63) is 46.3 Å². The fraction of sp³-hybridized carbons (Fsp3) is 0.158. The maximum Gasteiger partial charge on any atom is 0.269 e. The maximum atomic E-state index is 12.7. The minimum absolute atomic E-state index is 0.114. The van der Waals surface area contributed by atoms with Gasteiger partial charge in [0.05, 0.1) is 32.0 Å². The number of halogens is 1. The van der Waals surface area contributed by atoms with Crippen LogP contribution in [0.3, 0.4) is 0 Å². The third-order valence-corrected chi connectivity index (χ3v) is 5.78. The summed E-state index contributed by atoms with van der Waals surface area (Å²) in [6, 6.07) is 10.7. The summed E-state index contributed by atoms with van der Waals surface area (Å²) in [6.45, 7) is 0. The Bertz CT molecular complexity index is 1050. The normalized spacial score (nSPS) is 10.4. The molecule has 0 unspecified atom stereocenters. The highest BCUT2D eigenvalue weighted by Gasteiger charge is 2.19. The molecular weight excluding hydrogens is 420 g/mol. The van der Waals surface area contributed by atoms with E-state index in [0.29, 0.717) is 32.8 Å². The number of amides is 1. The number of methoxy groups -OCH3 is 3. The van der Waals surface area contributed by atoms with Gasteiger partial charge < -0.3 is 19.5 Å². The Morgan fingerprint density at radius 1 is 1.04 bits per heavy atom. The lowest BCUT2D eigenvalue weighted by Crippen LogP contribution is -2.33. The van der Waals surface area contributed by atoms with Crippen molar-refractivity contribution in [2.75, 3.05) is 26.6 Å². The largest absolute Gasteiger partial charge is 0.497 e. The Labute approximate surface area is 176 Å². The van der Waals surface area contributed by atoms with E-state index in [1.807, 2.05) is 12.1 Å². The molecule has 0 aliphatic heterocycles. The number of benzene rings is 2. The predicted molar refractivity (Wildman–Crippen MR) is 117 cm³/mol. The van der Waals surface area contributed by atoms with Crippen molar-refractivity contribution in [3.8, 4) is 17.2 Å². The number of ether oxygens (including phenoxy) is 3. The molecule has 28 heavy (non-hydrogen) atoms. The number of thiophene rings is 1. The number of nitrogens with one attached hydrogen (secondary N) is 2. The minimum atomic E-state index is -0.399. The summed E-state index contributed by atoms with van der Waals surface area (Å²) >= 11 is 12.9. The molecule has 0 aliphatic rings. The molecular formula is C19H17ClN2O4S2. The van der Waals surface area contributed by atoms with E-state index >= 15 is 0 Å². The van der Waals surface area contributed by atoms with Crippen LogP contribution < -0.4 is 24.8 Å². The van der Waals surface area contributed by atoms with Gasteiger partial charge in [-0.05, 0) is 42.5 Å². The van der Waals surface area contributed by atoms with E-state index in [4.69, 9.17) is 38.0 Å². The van der Waals surface area contributed by atoms with E-state index < -0.39 is 5.91 Å². The number of fused-ring (bicyclic) bond motifs is 1. The lowest BCUT2D eigenvalue weighted by molar-refractivity contribution is 0.0982. The van der Waals surface area contributed by atoms with E-state index in [2.05, 4.69) is 10.6 Å². The van der Waals surface area contributed by atoms with Gasteiger partial charge in [-0.1, -0.05) is 11.6 Å². The van der Waals surface area contributed by atoms with Crippen molar-refractivity contribution in [3.63, 3.8) is 0 Å². The quantitative estimate of drug-likeness (QED) is 0.564. The van der Waals surface area contributed by atoms with Crippen molar-refractivity contribution in [2.45, 2.75) is 0 Å². The van der Waals surface area contributed by atoms with Gasteiger partial charge in [-0.3, -0.25) is 10.1 Å². The van der Waals surface area contributed by atoms with Crippen LogP contribution in [0, 0.1) is 0 Å². The zero-order valence-electron chi connectivity index (χ0n) is 15.3. The average molecular weight is 437 g/mol. The molecule has 146 valence electrons. The van der Waals surface area contributed by atoms with Crippen molar-refractivity contribution < 1.29 is 19.0 Å². The van der Waals surface area contributed by atoms with Gasteiger partial charge in [0, 0.05) is 16.2 Å². The molecule has 0 fully saturated rings. The molecule has 0 spiro atoms. The summed E-state index contributed by atoms with van der Waals surface area (Å²) in [4.78, 5) is 13.0. The zero-order valence-corrected chi connectivity index (χ0v) is 17.7. The molecule has 0 radical (unpaired) electrons. The van der Waals surface area contributed by atoms with Crippen LogP contribution in [0.15, 0.2) is 36.4 Å². The van der Waals surface area contributed by atoms with Crippen LogP contribution in [-0.4, -0.2) is 32.3 Å². The average Bonchev–Trinajstić information content (AvgIpc) is 3.03. The molecule has 0 saturated carbocycles. The number of carbonyl (C=O) groups is 1. The van der Waals surface area contributed by atoms with Crippen LogP contribution >= 0.6 is 35.2 Å². The third kappa shape index (κ3) is 4.14. The molecule has 1 amide bonds. The number of carbonyl (C=O) groups excluding carboxylic acids is 1. The number of hydrogen-bond donors (Lipinski definition) is 2. The van der Waals surface area contributed by atoms with Crippen LogP contribution in [-0.2, 0) is 0 Å². The molecule has 1 aromatic heterocycles. The van der Waals surface area contributed by atoms with Crippen LogP contribution in [0.5, 0.6) is 17.2 Å². The summed E-state index contributed by atoms with van der Waals surface area (Å²) in [7, 11) is 4.69. The van der Waals surface area contributed by atoms with Crippen molar-refractivity contribution in [1.29, 1.82) is 0 Å². The molecule has 2 N–H and O–H groups in total. The SMILES string of the molecule is COc1ccc(OC)c(NC(=S)NC(=O)c2sc3cc(OC)ccc3c2Cl)c1. The van der Waals surface area contributed by atoms with Crippen LogP contribution in [0.4, 0.5) is 5.69 Å². The Hall–Kier alpha value is -2.55. The zero-order chi connectivity index (χ0) is 20.3. The van der Waals surface area contributed by atoms with Crippen LogP contribution in [0.25, 0.3) is 10.1 Å². The highest BCUT2D eigenvalue weighted by atomic mass is 35.5. The smallest absolute Gasteiger partial charge is 0.269 e. The first-order valence-corrected chi connectivity index (χ1v) is 9.67. The number of rotatable bonds is 5. The summed E-state index contributed by atoms with van der Waals surface area (Å²) in [6.07, 6.45) is 0. The lowest BCUT2D eigenvalue weighted by atomic mass is 10.2. The van der Waals surface area contributed by atoms with Gasteiger partial charge in [0.1, 0.15) is 22.1 Å². The van der Waals surface area contributed by atoms with E-state index in [1.165, 1.54) is 11.3 Å². The highest BCUT2D eigenvalue weighted by Crippen LogP contribution is 2.37. The second-order valence-electron chi connectivity index (χ2n) is 5.58. The summed E-state index contributed by atoms with van der Waals surface area (Å²) < 4.78 is 16.6. The van der Waals surface area contributed by atoms with Crippen molar-refractivity contribution >= 4 is 61.9 Å². The van der Waals surface area contributed by atoms with Crippen molar-refractivity contribution in [1.82, 2.24) is 5.32 Å². The molecule has 3 aromatic rings. The Balaban J connectivity index is 1.79. The number of anilines is 1. The number of hydrogen-bond acceptors (Lipinski definition) is 6. The fourth-order valence-corrected chi connectivity index (χ4v) is 4.19. The van der Waals surface area contributed by atoms with E-state index in [-0.39, 0.29) is 5.11 Å². The monoisotopic (exact) mass is 436 g/mol. The topological polar surface area (TPSA) is 68.8 Å². The third-order valence-electron chi connectivity index (χ3n) is 3.92. The van der Waals surface area contributed by atoms with E-state index in [9.17, 15) is 4.79 Å². The molecule has 3 rings (SSSR count). The van der Waals surface area contributed by atoms with Gasteiger partial charge in [-0.25, -0.2) is 0 Å². The van der Waals surface area contributed by atoms with Gasteiger partial charge in [-0.2, -0.15) is 0 Å². The summed E-state index contributed by atoms with van der Waals surface area (Å²) in [5, 5.41) is 6.86. The molecule has 0 aliphatic carbocycles. The Morgan fingerprint density at radius 3 is 2.39 bits per heavy atom. The maximum absolute atomic E-state index is 12.7. The van der Waals surface area contributed by atoms with Gasteiger partial charge >= 0.3 is 0 Å². The van der Waals surface area contributed by atoms with Crippen LogP contribution in [0.2, 0.25) is 5.02 Å². The Morgan fingerprint density at radius 2 is 1.71 bits per heavy atom. The van der Waals surface area contributed by atoms with Gasteiger partial charge in [-0.15, -0.1) is 11.3 Å². The van der Waals surface area contributed by atoms with Crippen LogP contribution in [0.1, 0.15) is 9.67 Å². The minimum Gasteiger partial charge on any atom is -0.497 e. The molecule has 2 aromatic carbocycles. The summed E-state index contributed by atoms with van der Waals surface area (Å²) in [5.74, 6) is 1.48. The highest BCUT2D eigenvalue weighted by molar-refractivity contribution is 7.80. The number of thiocarbonyl (C=S) groups is 1. The van der Waals surface area contributed by atoms with E-state index in [0.717, 1.165) is 10.1 Å². The van der Waals surface area contributed by atoms with E-state index in [1.54, 1.807) is 45.6 Å². The van der Waals surface area contributed by atoms with Gasteiger partial charge in [0.25, 0.3) is 5.91 Å². The Kier molecular flexibility index (Phi) is 6.23. The molecule has 0 saturated heterocycles. The van der Waals surface area contributed by atoms with Crippen molar-refractivity contribution in [2.24, 2.45) is 0 Å². The van der Waals surface area contributed by atoms with Gasteiger partial charge in [0.15, 0.2) is 5.11 Å². The first kappa shape index (κ1) is 20.2. The second-order valence-corrected chi connectivity index (χ2v) is 7.42. The lowest BCUT2D eigenvalue weighted by Gasteiger charge is -2.13. The molecule has 6 nitrogen and oxygen atoms in total. The molecule has 9 heteroatoms.